The van der Waals surface area contributed by atoms with Crippen molar-refractivity contribution in [2.45, 2.75) is 19.9 Å². The summed E-state index contributed by atoms with van der Waals surface area (Å²) in [5.41, 5.74) is 0.241. The molecule has 0 saturated heterocycles. The highest BCUT2D eigenvalue weighted by molar-refractivity contribution is 7.12. The number of nitrogens with one attached hydrogen (secondary N) is 1. The van der Waals surface area contributed by atoms with Crippen molar-refractivity contribution in [3.63, 3.8) is 0 Å². The quantitative estimate of drug-likeness (QED) is 0.894. The van der Waals surface area contributed by atoms with Crippen LogP contribution in [0, 0.1) is 6.92 Å². The number of aromatic hydroxyl groups is 1. The summed E-state index contributed by atoms with van der Waals surface area (Å²) in [7, 11) is 0. The van der Waals surface area contributed by atoms with Crippen molar-refractivity contribution in [3.8, 4) is 5.75 Å². The summed E-state index contributed by atoms with van der Waals surface area (Å²) in [6.45, 7) is 3.94. The Morgan fingerprint density at radius 3 is 2.83 bits per heavy atom. The first-order valence-corrected chi connectivity index (χ1v) is 6.39. The van der Waals surface area contributed by atoms with Gasteiger partial charge in [0.1, 0.15) is 5.75 Å². The zero-order valence-electron chi connectivity index (χ0n) is 10.2. The van der Waals surface area contributed by atoms with Crippen LogP contribution in [0.2, 0.25) is 0 Å². The minimum absolute atomic E-state index is 0.0798. The maximum atomic E-state index is 12.0. The van der Waals surface area contributed by atoms with Crippen molar-refractivity contribution < 1.29 is 9.90 Å². The Morgan fingerprint density at radius 2 is 2.22 bits per heavy atom. The Bertz CT molecular complexity index is 566. The smallest absolute Gasteiger partial charge is 0.255 e. The fourth-order valence-electron chi connectivity index (χ4n) is 1.61. The number of aromatic nitrogens is 1. The number of amides is 1. The van der Waals surface area contributed by atoms with Crippen molar-refractivity contribution >= 4 is 17.2 Å². The monoisotopic (exact) mass is 262 g/mol. The van der Waals surface area contributed by atoms with Gasteiger partial charge in [-0.15, -0.1) is 11.3 Å². The lowest BCUT2D eigenvalue weighted by Gasteiger charge is -2.12. The van der Waals surface area contributed by atoms with Gasteiger partial charge in [-0.25, -0.2) is 0 Å². The molecule has 2 heterocycles. The molecule has 0 aliphatic heterocycles. The highest BCUT2D eigenvalue weighted by atomic mass is 32.1. The molecule has 0 aliphatic rings. The van der Waals surface area contributed by atoms with Crippen molar-refractivity contribution in [2.24, 2.45) is 0 Å². The number of nitrogens with zero attached hydrogens (tertiary/aromatic N) is 1. The lowest BCUT2D eigenvalue weighted by molar-refractivity contribution is 0.0937. The van der Waals surface area contributed by atoms with Gasteiger partial charge < -0.3 is 10.4 Å². The summed E-state index contributed by atoms with van der Waals surface area (Å²) in [5.74, 6) is -0.405. The molecular formula is C13H14N2O2S. The SMILES string of the molecule is Cc1ccc(C(C)NC(=O)c2ccncc2O)s1. The summed E-state index contributed by atoms with van der Waals surface area (Å²) in [5, 5.41) is 12.4. The van der Waals surface area contributed by atoms with Gasteiger partial charge in [-0.3, -0.25) is 9.78 Å². The molecule has 0 bridgehead atoms. The van der Waals surface area contributed by atoms with Crippen LogP contribution in [0.5, 0.6) is 5.75 Å². The summed E-state index contributed by atoms with van der Waals surface area (Å²) in [4.78, 5) is 18.0. The second-order valence-corrected chi connectivity index (χ2v) is 5.36. The van der Waals surface area contributed by atoms with Gasteiger partial charge in [-0.05, 0) is 32.0 Å². The highest BCUT2D eigenvalue weighted by Gasteiger charge is 2.15. The van der Waals surface area contributed by atoms with E-state index >= 15 is 0 Å². The van der Waals surface area contributed by atoms with Crippen molar-refractivity contribution in [1.82, 2.24) is 10.3 Å². The Balaban J connectivity index is 2.10. The lowest BCUT2D eigenvalue weighted by Crippen LogP contribution is -2.26. The van der Waals surface area contributed by atoms with Crippen LogP contribution in [0.25, 0.3) is 0 Å². The van der Waals surface area contributed by atoms with Gasteiger partial charge in [0.2, 0.25) is 0 Å². The molecule has 1 amide bonds. The molecule has 0 saturated carbocycles. The van der Waals surface area contributed by atoms with E-state index in [0.29, 0.717) is 0 Å². The maximum absolute atomic E-state index is 12.0. The lowest BCUT2D eigenvalue weighted by atomic mass is 10.2. The van der Waals surface area contributed by atoms with Gasteiger partial charge in [0.05, 0.1) is 17.8 Å². The zero-order chi connectivity index (χ0) is 13.1. The molecule has 2 aromatic heterocycles. The Kier molecular flexibility index (Phi) is 3.62. The maximum Gasteiger partial charge on any atom is 0.255 e. The van der Waals surface area contributed by atoms with E-state index in [1.807, 2.05) is 26.0 Å². The van der Waals surface area contributed by atoms with Gasteiger partial charge in [0.25, 0.3) is 5.91 Å². The molecule has 0 aromatic carbocycles. The summed E-state index contributed by atoms with van der Waals surface area (Å²) in [6.07, 6.45) is 2.74. The van der Waals surface area contributed by atoms with E-state index < -0.39 is 0 Å². The van der Waals surface area contributed by atoms with Crippen LogP contribution in [0.4, 0.5) is 0 Å². The minimum atomic E-state index is -0.298. The molecule has 18 heavy (non-hydrogen) atoms. The van der Waals surface area contributed by atoms with Crippen LogP contribution in [-0.4, -0.2) is 16.0 Å². The predicted molar refractivity (Wildman–Crippen MR) is 70.8 cm³/mol. The van der Waals surface area contributed by atoms with Crippen molar-refractivity contribution in [2.75, 3.05) is 0 Å². The molecule has 0 fully saturated rings. The van der Waals surface area contributed by atoms with E-state index in [0.717, 1.165) is 4.88 Å². The third kappa shape index (κ3) is 2.68. The van der Waals surface area contributed by atoms with Crippen LogP contribution in [0.1, 0.15) is 33.1 Å². The Labute approximate surface area is 109 Å². The molecule has 2 aromatic rings. The molecule has 2 N–H and O–H groups in total. The van der Waals surface area contributed by atoms with Crippen LogP contribution in [-0.2, 0) is 0 Å². The van der Waals surface area contributed by atoms with Crippen LogP contribution in [0.15, 0.2) is 30.6 Å². The number of hydrogen-bond donors (Lipinski definition) is 2. The van der Waals surface area contributed by atoms with Gasteiger partial charge >= 0.3 is 0 Å². The zero-order valence-corrected chi connectivity index (χ0v) is 11.0. The summed E-state index contributed by atoms with van der Waals surface area (Å²) >= 11 is 1.65. The summed E-state index contributed by atoms with van der Waals surface area (Å²) in [6, 6.07) is 5.44. The number of thiophene rings is 1. The molecule has 1 unspecified atom stereocenters. The van der Waals surface area contributed by atoms with Crippen LogP contribution < -0.4 is 5.32 Å². The number of carbonyl (C=O) groups is 1. The fraction of sp³-hybridized carbons (Fsp3) is 0.231. The number of rotatable bonds is 3. The van der Waals surface area contributed by atoms with E-state index in [1.54, 1.807) is 11.3 Å². The molecule has 4 nitrogen and oxygen atoms in total. The summed E-state index contributed by atoms with van der Waals surface area (Å²) < 4.78 is 0. The number of hydrogen-bond acceptors (Lipinski definition) is 4. The first kappa shape index (κ1) is 12.6. The molecule has 5 heteroatoms. The van der Waals surface area contributed by atoms with Crippen molar-refractivity contribution in [1.29, 1.82) is 0 Å². The van der Waals surface area contributed by atoms with E-state index in [2.05, 4.69) is 10.3 Å². The van der Waals surface area contributed by atoms with E-state index in [9.17, 15) is 9.90 Å². The highest BCUT2D eigenvalue weighted by Crippen LogP contribution is 2.23. The van der Waals surface area contributed by atoms with Gasteiger partial charge in [0, 0.05) is 16.0 Å². The largest absolute Gasteiger partial charge is 0.505 e. The first-order valence-electron chi connectivity index (χ1n) is 5.58. The molecule has 0 radical (unpaired) electrons. The number of carbonyl (C=O) groups excluding carboxylic acids is 1. The average Bonchev–Trinajstić information content (AvgIpc) is 2.76. The number of pyridine rings is 1. The first-order chi connectivity index (χ1) is 8.58. The molecule has 0 aliphatic carbocycles. The van der Waals surface area contributed by atoms with Gasteiger partial charge in [-0.2, -0.15) is 0 Å². The second kappa shape index (κ2) is 5.18. The van der Waals surface area contributed by atoms with E-state index in [-0.39, 0.29) is 23.3 Å². The van der Waals surface area contributed by atoms with Crippen LogP contribution >= 0.6 is 11.3 Å². The predicted octanol–water partition coefficient (Wildman–Crippen LogP) is 2.65. The standard InChI is InChI=1S/C13H14N2O2S/c1-8-3-4-12(18-8)9(2)15-13(17)10-5-6-14-7-11(10)16/h3-7,9,16H,1-2H3,(H,15,17). The molecule has 0 spiro atoms. The Hall–Kier alpha value is -1.88. The molecule has 94 valence electrons. The topological polar surface area (TPSA) is 62.2 Å². The van der Waals surface area contributed by atoms with E-state index in [4.69, 9.17) is 0 Å². The van der Waals surface area contributed by atoms with Crippen molar-refractivity contribution in [3.05, 3.63) is 45.9 Å². The minimum Gasteiger partial charge on any atom is -0.505 e. The third-order valence-electron chi connectivity index (χ3n) is 2.58. The Morgan fingerprint density at radius 1 is 1.44 bits per heavy atom. The van der Waals surface area contributed by atoms with Gasteiger partial charge in [0.15, 0.2) is 0 Å². The second-order valence-electron chi connectivity index (χ2n) is 4.04. The van der Waals surface area contributed by atoms with E-state index in [1.165, 1.54) is 23.3 Å². The number of aryl methyl sites for hydroxylation is 1. The van der Waals surface area contributed by atoms with Crippen LogP contribution in [0.3, 0.4) is 0 Å². The normalized spacial score (nSPS) is 12.1. The molecular weight excluding hydrogens is 248 g/mol. The fourth-order valence-corrected chi connectivity index (χ4v) is 2.49. The van der Waals surface area contributed by atoms with Gasteiger partial charge in [-0.1, -0.05) is 0 Å². The average molecular weight is 262 g/mol. The molecule has 2 rings (SSSR count). The third-order valence-corrected chi connectivity index (χ3v) is 3.76. The molecule has 1 atom stereocenters.